The topological polar surface area (TPSA) is 222 Å². The number of ether oxygens (including phenoxy) is 1. The van der Waals surface area contributed by atoms with Crippen LogP contribution in [0, 0.1) is 5.92 Å². The molecule has 15 nitrogen and oxygen atoms in total. The van der Waals surface area contributed by atoms with Gasteiger partial charge in [0.2, 0.25) is 11.8 Å². The Morgan fingerprint density at radius 3 is 2.04 bits per heavy atom. The van der Waals surface area contributed by atoms with Gasteiger partial charge in [0, 0.05) is 13.3 Å². The number of benzene rings is 2. The normalized spacial score (nSPS) is 16.0. The van der Waals surface area contributed by atoms with E-state index in [-0.39, 0.29) is 30.8 Å². The lowest BCUT2D eigenvalue weighted by molar-refractivity contribution is -0.263. The molecular weight excluding hydrogens is 680 g/mol. The van der Waals surface area contributed by atoms with Crippen LogP contribution in [0.5, 0.6) is 5.75 Å². The summed E-state index contributed by atoms with van der Waals surface area (Å²) in [5, 5.41) is 3.38. The van der Waals surface area contributed by atoms with E-state index in [2.05, 4.69) is 10.6 Å². The Balaban J connectivity index is 1.77. The van der Waals surface area contributed by atoms with Crippen LogP contribution in [-0.2, 0) is 44.3 Å². The standard InChI is InChI=1S/C32H47N3O12P2/c1-5-44-46-49(42,47-45-6-2)32(48(39,40)41)25-14-12-23(13-15-25)18-28(35-22(4)36)31(38)34-21(3)26-16-17-29(27(19-26)30(33)37)43-20-24-10-8-7-9-11-24/h12-17,19,21,24,28,32H,5-11,18,20H2,1-4H3,(H2,33,37)(H,34,38)(H,35,36)(H2,39,40,41)/t21-,28-,32?/m0/s1. The number of nitrogens with one attached hydrogen (secondary N) is 2. The Kier molecular flexibility index (Phi) is 15.4. The van der Waals surface area contributed by atoms with Gasteiger partial charge in [-0.25, -0.2) is 9.78 Å². The van der Waals surface area contributed by atoms with E-state index in [0.717, 1.165) is 25.7 Å². The third-order valence-electron chi connectivity index (χ3n) is 7.91. The maximum atomic E-state index is 13.4. The number of hydrogen-bond acceptors (Lipinski definition) is 10. The second-order valence-electron chi connectivity index (χ2n) is 11.8. The fourth-order valence-corrected chi connectivity index (χ4v) is 9.01. The minimum Gasteiger partial charge on any atom is -0.492 e. The van der Waals surface area contributed by atoms with Crippen LogP contribution in [0.25, 0.3) is 0 Å². The fraction of sp³-hybridized carbons (Fsp3) is 0.531. The molecule has 17 heteroatoms. The van der Waals surface area contributed by atoms with Gasteiger partial charge in [-0.2, -0.15) is 0 Å². The summed E-state index contributed by atoms with van der Waals surface area (Å²) in [6, 6.07) is 8.85. The maximum absolute atomic E-state index is 13.4. The van der Waals surface area contributed by atoms with E-state index in [1.54, 1.807) is 25.1 Å². The molecule has 3 rings (SSSR count). The zero-order chi connectivity index (χ0) is 36.2. The van der Waals surface area contributed by atoms with Crippen molar-refractivity contribution in [3.8, 4) is 5.75 Å². The van der Waals surface area contributed by atoms with Gasteiger partial charge < -0.3 is 30.9 Å². The lowest BCUT2D eigenvalue weighted by atomic mass is 9.90. The van der Waals surface area contributed by atoms with E-state index in [9.17, 15) is 33.3 Å². The molecule has 1 aliphatic rings. The van der Waals surface area contributed by atoms with Crippen LogP contribution in [0.1, 0.15) is 98.3 Å². The molecule has 1 aliphatic carbocycles. The molecule has 0 radical (unpaired) electrons. The highest BCUT2D eigenvalue weighted by atomic mass is 31.2. The number of nitrogens with two attached hydrogens (primary N) is 1. The molecule has 2 aromatic rings. The summed E-state index contributed by atoms with van der Waals surface area (Å²) in [4.78, 5) is 67.4. The predicted octanol–water partition coefficient (Wildman–Crippen LogP) is 4.97. The molecule has 0 aliphatic heterocycles. The van der Waals surface area contributed by atoms with Crippen LogP contribution in [0.4, 0.5) is 0 Å². The van der Waals surface area contributed by atoms with Crippen LogP contribution >= 0.6 is 15.2 Å². The highest BCUT2D eigenvalue weighted by Crippen LogP contribution is 2.75. The maximum Gasteiger partial charge on any atom is 0.403 e. The Hall–Kier alpha value is -3.13. The molecule has 1 saturated carbocycles. The van der Waals surface area contributed by atoms with E-state index in [0.29, 0.717) is 29.4 Å². The zero-order valence-corrected chi connectivity index (χ0v) is 30.0. The molecule has 0 aromatic heterocycles. The summed E-state index contributed by atoms with van der Waals surface area (Å²) in [7, 11) is -9.89. The molecule has 0 bridgehead atoms. The van der Waals surface area contributed by atoms with Crippen molar-refractivity contribution >= 4 is 32.9 Å². The average Bonchev–Trinajstić information content (AvgIpc) is 3.05. The van der Waals surface area contributed by atoms with Crippen molar-refractivity contribution in [1.82, 2.24) is 10.6 Å². The van der Waals surface area contributed by atoms with Crippen LogP contribution in [-0.4, -0.2) is 53.4 Å². The summed E-state index contributed by atoms with van der Waals surface area (Å²) in [5.41, 5.74) is 6.84. The summed E-state index contributed by atoms with van der Waals surface area (Å²) in [6.45, 7) is 6.31. The second-order valence-corrected chi connectivity index (χ2v) is 15.8. The van der Waals surface area contributed by atoms with Gasteiger partial charge >= 0.3 is 15.2 Å². The van der Waals surface area contributed by atoms with E-state index >= 15 is 0 Å². The van der Waals surface area contributed by atoms with Crippen molar-refractivity contribution in [3.05, 3.63) is 64.7 Å². The summed E-state index contributed by atoms with van der Waals surface area (Å²) in [6.07, 6.45) is 5.68. The molecule has 3 amide bonds. The molecule has 3 atom stereocenters. The summed E-state index contributed by atoms with van der Waals surface area (Å²) < 4.78 is 41.5. The van der Waals surface area contributed by atoms with Crippen molar-refractivity contribution in [2.45, 2.75) is 83.7 Å². The average molecular weight is 728 g/mol. The van der Waals surface area contributed by atoms with Crippen molar-refractivity contribution in [1.29, 1.82) is 0 Å². The van der Waals surface area contributed by atoms with Gasteiger partial charge in [-0.15, -0.1) is 9.35 Å². The third kappa shape index (κ3) is 12.0. The molecule has 49 heavy (non-hydrogen) atoms. The van der Waals surface area contributed by atoms with Crippen molar-refractivity contribution in [3.63, 3.8) is 0 Å². The quantitative estimate of drug-likeness (QED) is 0.0735. The molecule has 1 fully saturated rings. The molecule has 6 N–H and O–H groups in total. The number of hydrogen-bond donors (Lipinski definition) is 5. The van der Waals surface area contributed by atoms with Crippen LogP contribution < -0.4 is 21.1 Å². The number of primary amides is 1. The van der Waals surface area contributed by atoms with E-state index in [4.69, 9.17) is 29.6 Å². The molecule has 0 heterocycles. The molecular formula is C32H47N3O12P2. The van der Waals surface area contributed by atoms with Crippen molar-refractivity contribution in [2.75, 3.05) is 19.8 Å². The largest absolute Gasteiger partial charge is 0.492 e. The van der Waals surface area contributed by atoms with Crippen molar-refractivity contribution < 1.29 is 57.2 Å². The third-order valence-corrected chi connectivity index (χ3v) is 12.1. The van der Waals surface area contributed by atoms with Gasteiger partial charge in [-0.3, -0.25) is 23.5 Å². The second kappa shape index (κ2) is 18.7. The Labute approximate surface area is 286 Å². The van der Waals surface area contributed by atoms with Crippen molar-refractivity contribution in [2.24, 2.45) is 11.7 Å². The monoisotopic (exact) mass is 727 g/mol. The minimum atomic E-state index is -5.18. The van der Waals surface area contributed by atoms with Gasteiger partial charge in [0.1, 0.15) is 11.8 Å². The molecule has 0 saturated heterocycles. The van der Waals surface area contributed by atoms with Gasteiger partial charge in [-0.05, 0) is 68.4 Å². The minimum absolute atomic E-state index is 0.0119. The van der Waals surface area contributed by atoms with E-state index in [1.165, 1.54) is 51.5 Å². The van der Waals surface area contributed by atoms with E-state index < -0.39 is 50.4 Å². The van der Waals surface area contributed by atoms with E-state index in [1.807, 2.05) is 0 Å². The summed E-state index contributed by atoms with van der Waals surface area (Å²) >= 11 is 0. The first-order valence-corrected chi connectivity index (χ1v) is 19.5. The number of carbonyl (C=O) groups is 3. The molecule has 0 spiro atoms. The van der Waals surface area contributed by atoms with Gasteiger partial charge in [-0.1, -0.05) is 49.6 Å². The first kappa shape index (κ1) is 40.3. The lowest BCUT2D eigenvalue weighted by Gasteiger charge is -2.25. The Morgan fingerprint density at radius 1 is 0.918 bits per heavy atom. The number of amides is 3. The number of carbonyl (C=O) groups excluding carboxylic acids is 3. The molecule has 272 valence electrons. The molecule has 1 unspecified atom stereocenters. The van der Waals surface area contributed by atoms with Crippen LogP contribution in [0.3, 0.4) is 0 Å². The van der Waals surface area contributed by atoms with Crippen LogP contribution in [0.2, 0.25) is 0 Å². The highest BCUT2D eigenvalue weighted by molar-refractivity contribution is 7.71. The van der Waals surface area contributed by atoms with Gasteiger partial charge in [0.15, 0.2) is 5.40 Å². The van der Waals surface area contributed by atoms with Crippen LogP contribution in [0.15, 0.2) is 42.5 Å². The number of rotatable bonds is 19. The Morgan fingerprint density at radius 2 is 1.51 bits per heavy atom. The first-order chi connectivity index (χ1) is 23.2. The van der Waals surface area contributed by atoms with Gasteiger partial charge in [0.05, 0.1) is 31.4 Å². The zero-order valence-electron chi connectivity index (χ0n) is 28.2. The highest BCUT2D eigenvalue weighted by Gasteiger charge is 2.51. The SMILES string of the molecule is CCOOP(=O)(OOCC)C(c1ccc(C[C@H](NC(C)=O)C(=O)N[C@@H](C)c2ccc(OCC3CCCCC3)c(C(N)=O)c2)cc1)P(=O)(O)O. The Bertz CT molecular complexity index is 1500. The first-order valence-electron chi connectivity index (χ1n) is 16.2. The summed E-state index contributed by atoms with van der Waals surface area (Å²) in [5.74, 6) is -0.857. The fourth-order valence-electron chi connectivity index (χ4n) is 5.52. The smallest absolute Gasteiger partial charge is 0.403 e. The molecule has 2 aromatic carbocycles. The predicted molar refractivity (Wildman–Crippen MR) is 179 cm³/mol. The lowest BCUT2D eigenvalue weighted by Crippen LogP contribution is -2.48. The van der Waals surface area contributed by atoms with Gasteiger partial charge in [0.25, 0.3) is 5.91 Å².